The summed E-state index contributed by atoms with van der Waals surface area (Å²) in [6, 6.07) is 18.9. The maximum Gasteiger partial charge on any atom is 0.137 e. The lowest BCUT2D eigenvalue weighted by Gasteiger charge is -2.22. The van der Waals surface area contributed by atoms with E-state index in [9.17, 15) is 0 Å². The molecule has 0 bridgehead atoms. The first-order valence-corrected chi connectivity index (χ1v) is 8.06. The summed E-state index contributed by atoms with van der Waals surface area (Å²) < 4.78 is 0. The van der Waals surface area contributed by atoms with Crippen LogP contribution in [0.5, 0.6) is 0 Å². The quantitative estimate of drug-likeness (QED) is 0.608. The summed E-state index contributed by atoms with van der Waals surface area (Å²) in [6.45, 7) is 2.11. The molecule has 3 rings (SSSR count). The van der Waals surface area contributed by atoms with E-state index < -0.39 is 0 Å². The highest BCUT2D eigenvalue weighted by atomic mass is 79.9. The summed E-state index contributed by atoms with van der Waals surface area (Å²) in [5.74, 6) is 0.996. The standard InChI is InChI=1S/C18H17BrN2/c1-13-6-5-8-16(10-13)21(2)18-15(12-19)11-14-7-3-4-9-17(14)20-18/h3-11H,12H2,1-2H3. The number of fused-ring (bicyclic) bond motifs is 1. The van der Waals surface area contributed by atoms with E-state index in [0.29, 0.717) is 0 Å². The van der Waals surface area contributed by atoms with E-state index in [2.05, 4.69) is 77.3 Å². The molecule has 0 amide bonds. The Morgan fingerprint density at radius 2 is 1.86 bits per heavy atom. The molecule has 2 nitrogen and oxygen atoms in total. The van der Waals surface area contributed by atoms with Crippen molar-refractivity contribution in [1.82, 2.24) is 4.98 Å². The number of pyridine rings is 1. The van der Waals surface area contributed by atoms with Gasteiger partial charge in [-0.15, -0.1) is 0 Å². The van der Waals surface area contributed by atoms with Gasteiger partial charge < -0.3 is 4.90 Å². The molecule has 0 saturated carbocycles. The summed E-state index contributed by atoms with van der Waals surface area (Å²) in [5, 5.41) is 1.96. The van der Waals surface area contributed by atoms with Crippen molar-refractivity contribution < 1.29 is 0 Å². The lowest BCUT2D eigenvalue weighted by atomic mass is 10.1. The molecule has 1 aromatic heterocycles. The molecule has 0 atom stereocenters. The molecular formula is C18H17BrN2. The zero-order chi connectivity index (χ0) is 14.8. The third-order valence-corrected chi connectivity index (χ3v) is 4.23. The molecule has 0 radical (unpaired) electrons. The van der Waals surface area contributed by atoms with Gasteiger partial charge in [-0.05, 0) is 36.8 Å². The molecule has 0 saturated heterocycles. The number of aromatic nitrogens is 1. The summed E-state index contributed by atoms with van der Waals surface area (Å²) in [7, 11) is 2.07. The third-order valence-electron chi connectivity index (χ3n) is 3.63. The maximum atomic E-state index is 4.85. The van der Waals surface area contributed by atoms with Crippen molar-refractivity contribution in [1.29, 1.82) is 0 Å². The first-order valence-electron chi connectivity index (χ1n) is 6.94. The highest BCUT2D eigenvalue weighted by Crippen LogP contribution is 2.29. The molecule has 0 spiro atoms. The van der Waals surface area contributed by atoms with Crippen LogP contribution in [0.4, 0.5) is 11.5 Å². The van der Waals surface area contributed by atoms with Gasteiger partial charge in [0.15, 0.2) is 0 Å². The van der Waals surface area contributed by atoms with Crippen LogP contribution in [0.1, 0.15) is 11.1 Å². The van der Waals surface area contributed by atoms with Crippen LogP contribution in [0.25, 0.3) is 10.9 Å². The van der Waals surface area contributed by atoms with Gasteiger partial charge in [0, 0.05) is 29.0 Å². The van der Waals surface area contributed by atoms with E-state index >= 15 is 0 Å². The van der Waals surface area contributed by atoms with Gasteiger partial charge in [-0.25, -0.2) is 4.98 Å². The van der Waals surface area contributed by atoms with Crippen molar-refractivity contribution in [2.75, 3.05) is 11.9 Å². The van der Waals surface area contributed by atoms with Crippen LogP contribution < -0.4 is 4.90 Å². The fourth-order valence-electron chi connectivity index (χ4n) is 2.50. The monoisotopic (exact) mass is 340 g/mol. The number of anilines is 2. The first kappa shape index (κ1) is 14.1. The Balaban J connectivity index is 2.14. The van der Waals surface area contributed by atoms with E-state index in [1.165, 1.54) is 16.5 Å². The van der Waals surface area contributed by atoms with Gasteiger partial charge in [0.25, 0.3) is 0 Å². The lowest BCUT2D eigenvalue weighted by molar-refractivity contribution is 1.12. The molecule has 3 heteroatoms. The van der Waals surface area contributed by atoms with Crippen molar-refractivity contribution in [3.8, 4) is 0 Å². The van der Waals surface area contributed by atoms with Gasteiger partial charge in [-0.1, -0.05) is 46.3 Å². The molecule has 0 aliphatic rings. The molecular weight excluding hydrogens is 324 g/mol. The summed E-state index contributed by atoms with van der Waals surface area (Å²) >= 11 is 3.58. The Hall–Kier alpha value is -1.87. The van der Waals surface area contributed by atoms with Crippen LogP contribution in [-0.4, -0.2) is 12.0 Å². The van der Waals surface area contributed by atoms with Crippen LogP contribution in [0.15, 0.2) is 54.6 Å². The van der Waals surface area contributed by atoms with Gasteiger partial charge in [-0.3, -0.25) is 0 Å². The zero-order valence-corrected chi connectivity index (χ0v) is 13.8. The van der Waals surface area contributed by atoms with Crippen molar-refractivity contribution in [3.63, 3.8) is 0 Å². The average Bonchev–Trinajstić information content (AvgIpc) is 2.53. The minimum atomic E-state index is 0.788. The normalized spacial score (nSPS) is 10.8. The van der Waals surface area contributed by atoms with Crippen LogP contribution >= 0.6 is 15.9 Å². The topological polar surface area (TPSA) is 16.1 Å². The van der Waals surface area contributed by atoms with Gasteiger partial charge in [0.1, 0.15) is 5.82 Å². The maximum absolute atomic E-state index is 4.85. The molecule has 106 valence electrons. The van der Waals surface area contributed by atoms with Crippen molar-refractivity contribution in [2.24, 2.45) is 0 Å². The average molecular weight is 341 g/mol. The molecule has 21 heavy (non-hydrogen) atoms. The largest absolute Gasteiger partial charge is 0.329 e. The molecule has 2 aromatic carbocycles. The second-order valence-electron chi connectivity index (χ2n) is 5.20. The number of aryl methyl sites for hydroxylation is 1. The highest BCUT2D eigenvalue weighted by Gasteiger charge is 2.12. The number of nitrogens with zero attached hydrogens (tertiary/aromatic N) is 2. The molecule has 0 fully saturated rings. The van der Waals surface area contributed by atoms with E-state index in [-0.39, 0.29) is 0 Å². The van der Waals surface area contributed by atoms with E-state index in [4.69, 9.17) is 4.98 Å². The number of halogens is 1. The smallest absolute Gasteiger partial charge is 0.137 e. The van der Waals surface area contributed by atoms with Crippen molar-refractivity contribution in [2.45, 2.75) is 12.3 Å². The molecule has 0 aliphatic heterocycles. The van der Waals surface area contributed by atoms with Gasteiger partial charge in [-0.2, -0.15) is 0 Å². The van der Waals surface area contributed by atoms with E-state index in [1.807, 2.05) is 12.1 Å². The molecule has 3 aromatic rings. The second kappa shape index (κ2) is 5.86. The highest BCUT2D eigenvalue weighted by molar-refractivity contribution is 9.08. The van der Waals surface area contributed by atoms with Crippen molar-refractivity contribution >= 4 is 38.3 Å². The van der Waals surface area contributed by atoms with E-state index in [1.54, 1.807) is 0 Å². The molecule has 0 aliphatic carbocycles. The molecule has 1 heterocycles. The number of benzene rings is 2. The van der Waals surface area contributed by atoms with Crippen LogP contribution in [-0.2, 0) is 5.33 Å². The van der Waals surface area contributed by atoms with Crippen LogP contribution in [0.2, 0.25) is 0 Å². The van der Waals surface area contributed by atoms with Crippen molar-refractivity contribution in [3.05, 3.63) is 65.7 Å². The summed E-state index contributed by atoms with van der Waals surface area (Å²) in [6.07, 6.45) is 0. The second-order valence-corrected chi connectivity index (χ2v) is 5.76. The first-order chi connectivity index (χ1) is 10.2. The minimum Gasteiger partial charge on any atom is -0.329 e. The van der Waals surface area contributed by atoms with Gasteiger partial charge >= 0.3 is 0 Å². The number of hydrogen-bond acceptors (Lipinski definition) is 2. The fourth-order valence-corrected chi connectivity index (χ4v) is 2.91. The number of hydrogen-bond donors (Lipinski definition) is 0. The third kappa shape index (κ3) is 2.79. The Morgan fingerprint density at radius 1 is 1.05 bits per heavy atom. The Kier molecular flexibility index (Phi) is 3.93. The summed E-state index contributed by atoms with van der Waals surface area (Å²) in [5.41, 5.74) is 4.62. The number of rotatable bonds is 3. The Bertz CT molecular complexity index is 783. The SMILES string of the molecule is Cc1cccc(N(C)c2nc3ccccc3cc2CBr)c1. The summed E-state index contributed by atoms with van der Waals surface area (Å²) in [4.78, 5) is 7.00. The zero-order valence-electron chi connectivity index (χ0n) is 12.2. The predicted octanol–water partition coefficient (Wildman–Crippen LogP) is 5.21. The number of para-hydroxylation sites is 1. The van der Waals surface area contributed by atoms with E-state index in [0.717, 1.165) is 22.4 Å². The van der Waals surface area contributed by atoms with Gasteiger partial charge in [0.05, 0.1) is 5.52 Å². The fraction of sp³-hybridized carbons (Fsp3) is 0.167. The van der Waals surface area contributed by atoms with Crippen LogP contribution in [0, 0.1) is 6.92 Å². The molecule has 0 unspecified atom stereocenters. The Labute approximate surface area is 133 Å². The minimum absolute atomic E-state index is 0.788. The molecule has 0 N–H and O–H groups in total. The number of alkyl halides is 1. The van der Waals surface area contributed by atoms with Gasteiger partial charge in [0.2, 0.25) is 0 Å². The lowest BCUT2D eigenvalue weighted by Crippen LogP contribution is -2.13. The van der Waals surface area contributed by atoms with Crippen LogP contribution in [0.3, 0.4) is 0 Å². The Morgan fingerprint density at radius 3 is 2.62 bits per heavy atom. The predicted molar refractivity (Wildman–Crippen MR) is 93.6 cm³/mol.